The van der Waals surface area contributed by atoms with E-state index < -0.39 is 0 Å². The number of hydrogen-bond acceptors (Lipinski definition) is 3. The van der Waals surface area contributed by atoms with Gasteiger partial charge in [-0.15, -0.1) is 0 Å². The van der Waals surface area contributed by atoms with Crippen molar-refractivity contribution in [1.82, 2.24) is 5.32 Å². The fraction of sp³-hybridized carbons (Fsp3) is 0.364. The molecule has 16 heavy (non-hydrogen) atoms. The first kappa shape index (κ1) is 11.4. The lowest BCUT2D eigenvalue weighted by Gasteiger charge is -2.28. The van der Waals surface area contributed by atoms with Crippen molar-refractivity contribution in [2.24, 2.45) is 0 Å². The van der Waals surface area contributed by atoms with Gasteiger partial charge in [0.05, 0.1) is 13.2 Å². The average molecular weight is 285 g/mol. The zero-order chi connectivity index (χ0) is 11.5. The summed E-state index contributed by atoms with van der Waals surface area (Å²) in [6, 6.07) is 5.73. The Morgan fingerprint density at radius 3 is 2.94 bits per heavy atom. The van der Waals surface area contributed by atoms with Gasteiger partial charge in [0.2, 0.25) is 5.91 Å². The maximum absolute atomic E-state index is 11.3. The maximum Gasteiger partial charge on any atom is 0.239 e. The van der Waals surface area contributed by atoms with Crippen LogP contribution in [0.15, 0.2) is 22.7 Å². The van der Waals surface area contributed by atoms with Crippen LogP contribution in [0.5, 0.6) is 0 Å². The van der Waals surface area contributed by atoms with E-state index in [1.807, 2.05) is 23.1 Å². The molecule has 0 radical (unpaired) electrons. The van der Waals surface area contributed by atoms with Crippen LogP contribution in [-0.4, -0.2) is 30.6 Å². The molecule has 1 saturated heterocycles. The van der Waals surface area contributed by atoms with E-state index in [9.17, 15) is 4.79 Å². The lowest BCUT2D eigenvalue weighted by molar-refractivity contribution is -0.120. The van der Waals surface area contributed by atoms with Crippen molar-refractivity contribution >= 4 is 27.5 Å². The van der Waals surface area contributed by atoms with Gasteiger partial charge in [0, 0.05) is 23.2 Å². The number of benzene rings is 1. The molecule has 5 heteroatoms. The number of nitrogens with zero attached hydrogens (tertiary/aromatic N) is 1. The number of carbonyl (C=O) groups excluding carboxylic acids is 1. The Balaban J connectivity index is 2.20. The first-order valence-corrected chi connectivity index (χ1v) is 5.91. The molecule has 2 rings (SSSR count). The van der Waals surface area contributed by atoms with Crippen LogP contribution in [0.1, 0.15) is 5.56 Å². The van der Waals surface area contributed by atoms with Crippen molar-refractivity contribution in [2.75, 3.05) is 24.5 Å². The summed E-state index contributed by atoms with van der Waals surface area (Å²) >= 11 is 3.40. The van der Waals surface area contributed by atoms with E-state index in [0.717, 1.165) is 22.3 Å². The van der Waals surface area contributed by atoms with Gasteiger partial charge in [-0.25, -0.2) is 0 Å². The summed E-state index contributed by atoms with van der Waals surface area (Å²) in [4.78, 5) is 13.3. The molecule has 0 saturated carbocycles. The summed E-state index contributed by atoms with van der Waals surface area (Å²) < 4.78 is 0.874. The Hall–Kier alpha value is -1.07. The van der Waals surface area contributed by atoms with Crippen LogP contribution in [0.4, 0.5) is 5.69 Å². The molecule has 1 aromatic rings. The molecule has 1 aliphatic heterocycles. The monoisotopic (exact) mass is 284 g/mol. The molecule has 0 spiro atoms. The van der Waals surface area contributed by atoms with Gasteiger partial charge in [-0.3, -0.25) is 4.79 Å². The first-order chi connectivity index (χ1) is 7.70. The average Bonchev–Trinajstić information content (AvgIpc) is 2.29. The molecule has 86 valence electrons. The SMILES string of the molecule is O=C1CN(c2ccc(CO)c(Br)c2)CCN1. The molecule has 0 aliphatic carbocycles. The number of nitrogens with one attached hydrogen (secondary N) is 1. The predicted octanol–water partition coefficient (Wildman–Crippen LogP) is 0.878. The summed E-state index contributed by atoms with van der Waals surface area (Å²) in [5, 5.41) is 11.8. The second-order valence-corrected chi connectivity index (χ2v) is 4.56. The zero-order valence-electron chi connectivity index (χ0n) is 8.74. The summed E-state index contributed by atoms with van der Waals surface area (Å²) in [5.41, 5.74) is 1.85. The summed E-state index contributed by atoms with van der Waals surface area (Å²) in [6.45, 7) is 1.90. The summed E-state index contributed by atoms with van der Waals surface area (Å²) in [6.07, 6.45) is 0. The zero-order valence-corrected chi connectivity index (χ0v) is 10.3. The minimum absolute atomic E-state index is 0.0152. The summed E-state index contributed by atoms with van der Waals surface area (Å²) in [7, 11) is 0. The predicted molar refractivity (Wildman–Crippen MR) is 65.3 cm³/mol. The van der Waals surface area contributed by atoms with E-state index in [4.69, 9.17) is 5.11 Å². The van der Waals surface area contributed by atoms with Crippen LogP contribution >= 0.6 is 15.9 Å². The molecule has 1 aliphatic rings. The highest BCUT2D eigenvalue weighted by Gasteiger charge is 2.16. The molecule has 2 N–H and O–H groups in total. The van der Waals surface area contributed by atoms with Gasteiger partial charge in [-0.2, -0.15) is 0 Å². The van der Waals surface area contributed by atoms with E-state index >= 15 is 0 Å². The van der Waals surface area contributed by atoms with E-state index in [1.165, 1.54) is 0 Å². The van der Waals surface area contributed by atoms with E-state index in [2.05, 4.69) is 21.2 Å². The Morgan fingerprint density at radius 1 is 1.50 bits per heavy atom. The van der Waals surface area contributed by atoms with E-state index in [0.29, 0.717) is 13.1 Å². The topological polar surface area (TPSA) is 52.6 Å². The Bertz CT molecular complexity index is 409. The van der Waals surface area contributed by atoms with Crippen molar-refractivity contribution in [1.29, 1.82) is 0 Å². The number of carbonyl (C=O) groups is 1. The molecule has 1 heterocycles. The normalized spacial score (nSPS) is 16.1. The standard InChI is InChI=1S/C11H13BrN2O2/c12-10-5-9(2-1-8(10)7-15)14-4-3-13-11(16)6-14/h1-2,5,15H,3-4,6-7H2,(H,13,16). The highest BCUT2D eigenvalue weighted by molar-refractivity contribution is 9.10. The van der Waals surface area contributed by atoms with Crippen molar-refractivity contribution < 1.29 is 9.90 Å². The third kappa shape index (κ3) is 2.36. The molecule has 1 amide bonds. The van der Waals surface area contributed by atoms with Gasteiger partial charge in [0.1, 0.15) is 0 Å². The van der Waals surface area contributed by atoms with Crippen molar-refractivity contribution in [3.63, 3.8) is 0 Å². The number of rotatable bonds is 2. The minimum Gasteiger partial charge on any atom is -0.392 e. The van der Waals surface area contributed by atoms with Gasteiger partial charge < -0.3 is 15.3 Å². The Morgan fingerprint density at radius 2 is 2.31 bits per heavy atom. The molecule has 1 fully saturated rings. The molecular weight excluding hydrogens is 272 g/mol. The molecular formula is C11H13BrN2O2. The second-order valence-electron chi connectivity index (χ2n) is 3.71. The van der Waals surface area contributed by atoms with Crippen molar-refractivity contribution in [2.45, 2.75) is 6.61 Å². The number of anilines is 1. The molecule has 1 aromatic carbocycles. The molecule has 0 bridgehead atoms. The fourth-order valence-corrected chi connectivity index (χ4v) is 2.21. The van der Waals surface area contributed by atoms with Crippen LogP contribution in [0, 0.1) is 0 Å². The van der Waals surface area contributed by atoms with Crippen LogP contribution < -0.4 is 10.2 Å². The lowest BCUT2D eigenvalue weighted by Crippen LogP contribution is -2.47. The number of hydrogen-bond donors (Lipinski definition) is 2. The van der Waals surface area contributed by atoms with Crippen LogP contribution in [0.25, 0.3) is 0 Å². The Labute approximate surface area is 102 Å². The largest absolute Gasteiger partial charge is 0.392 e. The third-order valence-electron chi connectivity index (χ3n) is 2.61. The fourth-order valence-electron chi connectivity index (χ4n) is 1.72. The van der Waals surface area contributed by atoms with Gasteiger partial charge in [-0.1, -0.05) is 22.0 Å². The lowest BCUT2D eigenvalue weighted by atomic mass is 10.2. The number of aliphatic hydroxyl groups excluding tert-OH is 1. The number of halogens is 1. The quantitative estimate of drug-likeness (QED) is 0.848. The molecule has 0 unspecified atom stereocenters. The van der Waals surface area contributed by atoms with Crippen molar-refractivity contribution in [3.05, 3.63) is 28.2 Å². The molecule has 4 nitrogen and oxygen atoms in total. The highest BCUT2D eigenvalue weighted by atomic mass is 79.9. The number of aliphatic hydroxyl groups is 1. The van der Waals surface area contributed by atoms with E-state index in [-0.39, 0.29) is 12.5 Å². The highest BCUT2D eigenvalue weighted by Crippen LogP contribution is 2.24. The van der Waals surface area contributed by atoms with Crippen molar-refractivity contribution in [3.8, 4) is 0 Å². The van der Waals surface area contributed by atoms with Crippen LogP contribution in [0.2, 0.25) is 0 Å². The maximum atomic E-state index is 11.3. The molecule has 0 aromatic heterocycles. The number of amides is 1. The van der Waals surface area contributed by atoms with E-state index in [1.54, 1.807) is 0 Å². The van der Waals surface area contributed by atoms with Gasteiger partial charge >= 0.3 is 0 Å². The Kier molecular flexibility index (Phi) is 3.46. The van der Waals surface area contributed by atoms with Gasteiger partial charge in [0.25, 0.3) is 0 Å². The second kappa shape index (κ2) is 4.84. The smallest absolute Gasteiger partial charge is 0.239 e. The van der Waals surface area contributed by atoms with Crippen LogP contribution in [0.3, 0.4) is 0 Å². The van der Waals surface area contributed by atoms with Gasteiger partial charge in [0.15, 0.2) is 0 Å². The molecule has 0 atom stereocenters. The summed E-state index contributed by atoms with van der Waals surface area (Å²) in [5.74, 6) is 0.0496. The van der Waals surface area contributed by atoms with Crippen LogP contribution in [-0.2, 0) is 11.4 Å². The van der Waals surface area contributed by atoms with Gasteiger partial charge in [-0.05, 0) is 17.7 Å². The first-order valence-electron chi connectivity index (χ1n) is 5.11. The number of piperazine rings is 1. The third-order valence-corrected chi connectivity index (χ3v) is 3.35. The minimum atomic E-state index is 0.0152.